The van der Waals surface area contributed by atoms with Crippen LogP contribution in [-0.4, -0.2) is 12.7 Å². The fourth-order valence-electron chi connectivity index (χ4n) is 1.84. The molecule has 0 amide bonds. The van der Waals surface area contributed by atoms with E-state index < -0.39 is 18.6 Å². The van der Waals surface area contributed by atoms with Crippen molar-refractivity contribution in [1.29, 1.82) is 0 Å². The number of alkyl halides is 3. The Morgan fingerprint density at radius 3 is 2.47 bits per heavy atom. The van der Waals surface area contributed by atoms with Gasteiger partial charge >= 0.3 is 6.18 Å². The van der Waals surface area contributed by atoms with Gasteiger partial charge in [-0.15, -0.1) is 0 Å². The zero-order valence-electron chi connectivity index (χ0n) is 11.1. The quantitative estimate of drug-likeness (QED) is 0.754. The van der Waals surface area contributed by atoms with Gasteiger partial charge in [0.15, 0.2) is 0 Å². The summed E-state index contributed by atoms with van der Waals surface area (Å²) in [5, 5.41) is 3.04. The molecule has 19 heavy (non-hydrogen) atoms. The summed E-state index contributed by atoms with van der Waals surface area (Å²) < 4.78 is 50.4. The second-order valence-electron chi connectivity index (χ2n) is 4.67. The van der Waals surface area contributed by atoms with Crippen LogP contribution in [0.4, 0.5) is 17.6 Å². The molecule has 0 heterocycles. The van der Waals surface area contributed by atoms with Gasteiger partial charge in [0.2, 0.25) is 0 Å². The van der Waals surface area contributed by atoms with Gasteiger partial charge in [0.25, 0.3) is 0 Å². The van der Waals surface area contributed by atoms with E-state index in [0.29, 0.717) is 17.7 Å². The number of nitrogens with one attached hydrogen (secondary N) is 1. The van der Waals surface area contributed by atoms with Crippen molar-refractivity contribution in [2.75, 3.05) is 6.54 Å². The zero-order valence-corrected chi connectivity index (χ0v) is 11.1. The Labute approximate surface area is 111 Å². The van der Waals surface area contributed by atoms with Crippen LogP contribution in [0.25, 0.3) is 0 Å². The predicted molar refractivity (Wildman–Crippen MR) is 67.5 cm³/mol. The molecule has 0 spiro atoms. The van der Waals surface area contributed by atoms with Gasteiger partial charge in [-0.25, -0.2) is 4.39 Å². The number of hydrogen-bond acceptors (Lipinski definition) is 1. The molecule has 1 N–H and O–H groups in total. The smallest absolute Gasteiger partial charge is 0.310 e. The molecule has 1 aromatic carbocycles. The van der Waals surface area contributed by atoms with Crippen LogP contribution in [0.2, 0.25) is 0 Å². The normalized spacial score (nSPS) is 13.6. The molecule has 0 aromatic heterocycles. The van der Waals surface area contributed by atoms with E-state index >= 15 is 0 Å². The van der Waals surface area contributed by atoms with Crippen molar-refractivity contribution in [3.05, 3.63) is 35.1 Å². The Kier molecular flexibility index (Phi) is 5.79. The van der Waals surface area contributed by atoms with E-state index in [1.165, 1.54) is 6.07 Å². The molecule has 0 radical (unpaired) electrons. The molecule has 0 aliphatic rings. The van der Waals surface area contributed by atoms with Crippen LogP contribution in [0, 0.1) is 12.7 Å². The first-order valence-corrected chi connectivity index (χ1v) is 6.39. The molecule has 5 heteroatoms. The van der Waals surface area contributed by atoms with Gasteiger partial charge in [0.1, 0.15) is 5.82 Å². The van der Waals surface area contributed by atoms with E-state index in [2.05, 4.69) is 5.32 Å². The van der Waals surface area contributed by atoms with Crippen LogP contribution < -0.4 is 5.32 Å². The van der Waals surface area contributed by atoms with E-state index in [1.54, 1.807) is 19.1 Å². The zero-order chi connectivity index (χ0) is 14.5. The molecule has 0 fully saturated rings. The highest BCUT2D eigenvalue weighted by Gasteiger charge is 2.28. The van der Waals surface area contributed by atoms with E-state index in [1.807, 2.05) is 6.92 Å². The molecular formula is C14H19F4N. The maximum atomic E-state index is 13.5. The summed E-state index contributed by atoms with van der Waals surface area (Å²) in [6, 6.07) is 4.14. The molecule has 108 valence electrons. The molecule has 0 saturated carbocycles. The maximum Gasteiger partial charge on any atom is 0.389 e. The van der Waals surface area contributed by atoms with Gasteiger partial charge in [-0.05, 0) is 43.5 Å². The molecule has 1 unspecified atom stereocenters. The molecule has 1 nitrogen and oxygen atoms in total. The Bertz CT molecular complexity index is 401. The monoisotopic (exact) mass is 277 g/mol. The van der Waals surface area contributed by atoms with Gasteiger partial charge in [-0.3, -0.25) is 0 Å². The summed E-state index contributed by atoms with van der Waals surface area (Å²) in [6.07, 6.45) is -4.32. The largest absolute Gasteiger partial charge is 0.389 e. The predicted octanol–water partition coefficient (Wildman–Crippen LogP) is 4.52. The molecule has 1 aromatic rings. The number of halogens is 4. The van der Waals surface area contributed by atoms with Gasteiger partial charge in [0.05, 0.1) is 0 Å². The average Bonchev–Trinajstić information content (AvgIpc) is 2.32. The Hall–Kier alpha value is -1.10. The lowest BCUT2D eigenvalue weighted by atomic mass is 10.00. The molecular weight excluding hydrogens is 258 g/mol. The first kappa shape index (κ1) is 16.0. The fraction of sp³-hybridized carbons (Fsp3) is 0.571. The summed E-state index contributed by atoms with van der Waals surface area (Å²) in [4.78, 5) is 0. The maximum absolute atomic E-state index is 13.5. The van der Waals surface area contributed by atoms with Crippen LogP contribution in [0.5, 0.6) is 0 Å². The van der Waals surface area contributed by atoms with Crippen molar-refractivity contribution in [2.45, 2.75) is 45.3 Å². The third-order valence-corrected chi connectivity index (χ3v) is 2.96. The third kappa shape index (κ3) is 5.59. The summed E-state index contributed by atoms with van der Waals surface area (Å²) >= 11 is 0. The van der Waals surface area contributed by atoms with E-state index in [0.717, 1.165) is 6.42 Å². The van der Waals surface area contributed by atoms with Crippen molar-refractivity contribution in [1.82, 2.24) is 5.32 Å². The second kappa shape index (κ2) is 6.89. The number of rotatable bonds is 6. The Morgan fingerprint density at radius 2 is 1.95 bits per heavy atom. The van der Waals surface area contributed by atoms with Gasteiger partial charge in [-0.1, -0.05) is 19.1 Å². The highest BCUT2D eigenvalue weighted by atomic mass is 19.4. The first-order chi connectivity index (χ1) is 8.83. The minimum Gasteiger partial charge on any atom is -0.310 e. The van der Waals surface area contributed by atoms with Crippen molar-refractivity contribution in [3.8, 4) is 0 Å². The molecule has 0 saturated heterocycles. The van der Waals surface area contributed by atoms with E-state index in [9.17, 15) is 17.6 Å². The highest BCUT2D eigenvalue weighted by molar-refractivity contribution is 5.25. The average molecular weight is 277 g/mol. The summed E-state index contributed by atoms with van der Waals surface area (Å²) in [6.45, 7) is 4.17. The molecule has 0 aliphatic heterocycles. The fourth-order valence-corrected chi connectivity index (χ4v) is 1.84. The van der Waals surface area contributed by atoms with E-state index in [4.69, 9.17) is 0 Å². The molecule has 1 rings (SSSR count). The summed E-state index contributed by atoms with van der Waals surface area (Å²) in [5.74, 6) is -0.382. The summed E-state index contributed by atoms with van der Waals surface area (Å²) in [7, 11) is 0. The van der Waals surface area contributed by atoms with Gasteiger partial charge in [0, 0.05) is 12.5 Å². The van der Waals surface area contributed by atoms with Crippen molar-refractivity contribution in [3.63, 3.8) is 0 Å². The van der Waals surface area contributed by atoms with Crippen LogP contribution in [0.15, 0.2) is 18.2 Å². The SMILES string of the molecule is CCCNC(CCC(F)(F)F)c1ccc(C)c(F)c1. The molecule has 1 atom stereocenters. The van der Waals surface area contributed by atoms with E-state index in [-0.39, 0.29) is 12.2 Å². The molecule has 0 aliphatic carbocycles. The number of benzene rings is 1. The van der Waals surface area contributed by atoms with Crippen molar-refractivity contribution in [2.24, 2.45) is 0 Å². The Morgan fingerprint density at radius 1 is 1.26 bits per heavy atom. The lowest BCUT2D eigenvalue weighted by molar-refractivity contribution is -0.136. The van der Waals surface area contributed by atoms with Crippen LogP contribution in [-0.2, 0) is 0 Å². The Balaban J connectivity index is 2.79. The minimum atomic E-state index is -4.19. The highest BCUT2D eigenvalue weighted by Crippen LogP contribution is 2.28. The lowest BCUT2D eigenvalue weighted by Gasteiger charge is -2.20. The standard InChI is InChI=1S/C14H19F4N/c1-3-8-19-13(6-7-14(16,17)18)11-5-4-10(2)12(15)9-11/h4-5,9,13,19H,3,6-8H2,1-2H3. The van der Waals surface area contributed by atoms with Gasteiger partial charge in [-0.2, -0.15) is 13.2 Å². The lowest BCUT2D eigenvalue weighted by Crippen LogP contribution is -2.24. The van der Waals surface area contributed by atoms with Crippen LogP contribution in [0.3, 0.4) is 0 Å². The van der Waals surface area contributed by atoms with Crippen LogP contribution in [0.1, 0.15) is 43.4 Å². The topological polar surface area (TPSA) is 12.0 Å². The van der Waals surface area contributed by atoms with Gasteiger partial charge < -0.3 is 5.32 Å². The number of aryl methyl sites for hydroxylation is 1. The summed E-state index contributed by atoms with van der Waals surface area (Å²) in [5.41, 5.74) is 1.06. The van der Waals surface area contributed by atoms with Crippen molar-refractivity contribution >= 4 is 0 Å². The van der Waals surface area contributed by atoms with Crippen LogP contribution >= 0.6 is 0 Å². The first-order valence-electron chi connectivity index (χ1n) is 6.39. The number of hydrogen-bond donors (Lipinski definition) is 1. The van der Waals surface area contributed by atoms with Crippen molar-refractivity contribution < 1.29 is 17.6 Å². The minimum absolute atomic E-state index is 0.0774. The second-order valence-corrected chi connectivity index (χ2v) is 4.67. The third-order valence-electron chi connectivity index (χ3n) is 2.96. The molecule has 0 bridgehead atoms.